The number of aliphatic imine (C=N–C) groups is 1. The molecule has 0 saturated carbocycles. The molecule has 1 amide bonds. The highest BCUT2D eigenvalue weighted by molar-refractivity contribution is 5.94. The summed E-state index contributed by atoms with van der Waals surface area (Å²) >= 11 is 0. The standard InChI is InChI=1S/C28H31N5O2/c34-27-12-11-26(31-33(27)20-21-5-6-24-18-29-19-25(24)17-21)22-7-9-23(10-8-22)28(35)30-13-4-16-32-14-2-1-3-15-32/h5-12,17,19H,1-4,13-16,18,20H2,(H,30,35). The van der Waals surface area contributed by atoms with Crippen LogP contribution in [-0.2, 0) is 13.1 Å². The number of piperidine rings is 1. The summed E-state index contributed by atoms with van der Waals surface area (Å²) in [5.41, 5.74) is 5.35. The number of likely N-dealkylation sites (tertiary alicyclic amines) is 1. The van der Waals surface area contributed by atoms with Gasteiger partial charge in [0.25, 0.3) is 11.5 Å². The molecule has 2 aromatic carbocycles. The van der Waals surface area contributed by atoms with Crippen LogP contribution in [0.2, 0.25) is 0 Å². The van der Waals surface area contributed by atoms with Gasteiger partial charge < -0.3 is 10.2 Å². The lowest BCUT2D eigenvalue weighted by atomic mass is 10.1. The van der Waals surface area contributed by atoms with Gasteiger partial charge in [0, 0.05) is 30.0 Å². The molecular weight excluding hydrogens is 438 g/mol. The molecular formula is C28H31N5O2. The van der Waals surface area contributed by atoms with Crippen LogP contribution in [-0.4, -0.2) is 53.0 Å². The monoisotopic (exact) mass is 469 g/mol. The van der Waals surface area contributed by atoms with Gasteiger partial charge in [-0.1, -0.05) is 30.7 Å². The van der Waals surface area contributed by atoms with Crippen LogP contribution in [0.5, 0.6) is 0 Å². The molecule has 0 unspecified atom stereocenters. The maximum Gasteiger partial charge on any atom is 0.267 e. The first-order valence-electron chi connectivity index (χ1n) is 12.5. The number of nitrogens with one attached hydrogen (secondary N) is 1. The van der Waals surface area contributed by atoms with E-state index in [0.717, 1.165) is 36.2 Å². The first-order chi connectivity index (χ1) is 17.2. The summed E-state index contributed by atoms with van der Waals surface area (Å²) < 4.78 is 1.48. The second-order valence-electron chi connectivity index (χ2n) is 9.31. The van der Waals surface area contributed by atoms with Crippen LogP contribution in [0, 0.1) is 0 Å². The molecule has 2 aliphatic rings. The summed E-state index contributed by atoms with van der Waals surface area (Å²) in [5.74, 6) is -0.0618. The number of carbonyl (C=O) groups is 1. The lowest BCUT2D eigenvalue weighted by Crippen LogP contribution is -2.33. The molecule has 1 aromatic heterocycles. The molecule has 3 aromatic rings. The Morgan fingerprint density at radius 3 is 2.63 bits per heavy atom. The molecule has 0 spiro atoms. The fraction of sp³-hybridized carbons (Fsp3) is 0.357. The molecule has 1 saturated heterocycles. The number of rotatable bonds is 8. The quantitative estimate of drug-likeness (QED) is 0.512. The highest BCUT2D eigenvalue weighted by atomic mass is 16.1. The number of benzene rings is 2. The molecule has 180 valence electrons. The van der Waals surface area contributed by atoms with Crippen molar-refractivity contribution < 1.29 is 4.79 Å². The van der Waals surface area contributed by atoms with E-state index in [1.807, 2.05) is 36.5 Å². The van der Waals surface area contributed by atoms with Crippen LogP contribution >= 0.6 is 0 Å². The van der Waals surface area contributed by atoms with Gasteiger partial charge in [-0.2, -0.15) is 5.10 Å². The average Bonchev–Trinajstić information content (AvgIpc) is 3.36. The van der Waals surface area contributed by atoms with Gasteiger partial charge in [-0.15, -0.1) is 0 Å². The van der Waals surface area contributed by atoms with Crippen molar-refractivity contribution in [1.82, 2.24) is 20.0 Å². The van der Waals surface area contributed by atoms with Crippen molar-refractivity contribution in [2.75, 3.05) is 26.2 Å². The summed E-state index contributed by atoms with van der Waals surface area (Å²) in [5, 5.41) is 7.60. The normalized spacial score (nSPS) is 15.2. The topological polar surface area (TPSA) is 79.6 Å². The van der Waals surface area contributed by atoms with Gasteiger partial charge in [0.2, 0.25) is 0 Å². The molecule has 0 bridgehead atoms. The van der Waals surface area contributed by atoms with Crippen molar-refractivity contribution in [1.29, 1.82) is 0 Å². The van der Waals surface area contributed by atoms with Gasteiger partial charge >= 0.3 is 0 Å². The van der Waals surface area contributed by atoms with E-state index in [1.54, 1.807) is 12.1 Å². The van der Waals surface area contributed by atoms with E-state index in [2.05, 4.69) is 32.4 Å². The summed E-state index contributed by atoms with van der Waals surface area (Å²) in [4.78, 5) is 31.7. The maximum atomic E-state index is 12.5. The highest BCUT2D eigenvalue weighted by Crippen LogP contribution is 2.19. The molecule has 7 heteroatoms. The lowest BCUT2D eigenvalue weighted by molar-refractivity contribution is 0.0951. The van der Waals surface area contributed by atoms with Crippen LogP contribution in [0.25, 0.3) is 11.3 Å². The van der Waals surface area contributed by atoms with E-state index >= 15 is 0 Å². The summed E-state index contributed by atoms with van der Waals surface area (Å²) in [6, 6.07) is 16.8. The Morgan fingerprint density at radius 2 is 1.80 bits per heavy atom. The van der Waals surface area contributed by atoms with Gasteiger partial charge in [0.05, 0.1) is 18.8 Å². The van der Waals surface area contributed by atoms with Crippen LogP contribution in [0.15, 0.2) is 64.4 Å². The Morgan fingerprint density at radius 1 is 0.971 bits per heavy atom. The summed E-state index contributed by atoms with van der Waals surface area (Å²) in [6.45, 7) is 5.19. The molecule has 1 fully saturated rings. The molecule has 5 rings (SSSR count). The minimum atomic E-state index is -0.150. The fourth-order valence-electron chi connectivity index (χ4n) is 4.72. The number of carbonyl (C=O) groups excluding carboxylic acids is 1. The van der Waals surface area contributed by atoms with Gasteiger partial charge in [-0.05, 0) is 79.9 Å². The molecule has 0 atom stereocenters. The largest absolute Gasteiger partial charge is 0.352 e. The van der Waals surface area contributed by atoms with Crippen molar-refractivity contribution in [2.24, 2.45) is 4.99 Å². The van der Waals surface area contributed by atoms with Crippen LogP contribution < -0.4 is 10.9 Å². The van der Waals surface area contributed by atoms with E-state index < -0.39 is 0 Å². The zero-order chi connectivity index (χ0) is 24.0. The maximum absolute atomic E-state index is 12.5. The highest BCUT2D eigenvalue weighted by Gasteiger charge is 2.12. The predicted octanol–water partition coefficient (Wildman–Crippen LogP) is 3.50. The van der Waals surface area contributed by atoms with E-state index in [9.17, 15) is 9.59 Å². The van der Waals surface area contributed by atoms with E-state index in [4.69, 9.17) is 0 Å². The summed E-state index contributed by atoms with van der Waals surface area (Å²) in [7, 11) is 0. The van der Waals surface area contributed by atoms with Crippen LogP contribution in [0.4, 0.5) is 0 Å². The Kier molecular flexibility index (Phi) is 7.14. The predicted molar refractivity (Wildman–Crippen MR) is 138 cm³/mol. The Balaban J connectivity index is 1.20. The molecule has 1 N–H and O–H groups in total. The Labute approximate surface area is 205 Å². The van der Waals surface area contributed by atoms with Crippen molar-refractivity contribution in [2.45, 2.75) is 38.8 Å². The van der Waals surface area contributed by atoms with Crippen molar-refractivity contribution in [3.63, 3.8) is 0 Å². The van der Waals surface area contributed by atoms with Crippen molar-refractivity contribution in [3.8, 4) is 11.3 Å². The minimum absolute atomic E-state index is 0.0618. The fourth-order valence-corrected chi connectivity index (χ4v) is 4.72. The Hall–Kier alpha value is -3.58. The van der Waals surface area contributed by atoms with Crippen molar-refractivity contribution >= 4 is 12.1 Å². The zero-order valence-corrected chi connectivity index (χ0v) is 19.9. The lowest BCUT2D eigenvalue weighted by Gasteiger charge is -2.26. The second-order valence-corrected chi connectivity index (χ2v) is 9.31. The van der Waals surface area contributed by atoms with Gasteiger partial charge in [-0.3, -0.25) is 14.6 Å². The Bertz CT molecular complexity index is 1270. The number of aromatic nitrogens is 2. The third kappa shape index (κ3) is 5.74. The average molecular weight is 470 g/mol. The molecule has 35 heavy (non-hydrogen) atoms. The number of hydrogen-bond donors (Lipinski definition) is 1. The third-order valence-corrected chi connectivity index (χ3v) is 6.73. The second kappa shape index (κ2) is 10.8. The SMILES string of the molecule is O=C(NCCCN1CCCCC1)c1ccc(-c2ccc(=O)n(Cc3ccc4c(c3)C=NC4)n2)cc1. The summed E-state index contributed by atoms with van der Waals surface area (Å²) in [6.07, 6.45) is 6.75. The zero-order valence-electron chi connectivity index (χ0n) is 19.9. The number of hydrogen-bond acceptors (Lipinski definition) is 5. The van der Waals surface area contributed by atoms with Gasteiger partial charge in [-0.25, -0.2) is 4.68 Å². The molecule has 0 radical (unpaired) electrons. The van der Waals surface area contributed by atoms with Crippen LogP contribution in [0.3, 0.4) is 0 Å². The number of fused-ring (bicyclic) bond motifs is 1. The van der Waals surface area contributed by atoms with Gasteiger partial charge in [0.15, 0.2) is 0 Å². The number of amides is 1. The molecule has 0 aliphatic carbocycles. The van der Waals surface area contributed by atoms with E-state index in [-0.39, 0.29) is 11.5 Å². The van der Waals surface area contributed by atoms with Gasteiger partial charge in [0.1, 0.15) is 0 Å². The molecule has 2 aliphatic heterocycles. The third-order valence-electron chi connectivity index (χ3n) is 6.73. The molecule has 7 nitrogen and oxygen atoms in total. The van der Waals surface area contributed by atoms with Crippen LogP contribution in [0.1, 0.15) is 52.7 Å². The first kappa shape index (κ1) is 23.2. The minimum Gasteiger partial charge on any atom is -0.352 e. The van der Waals surface area contributed by atoms with E-state index in [1.165, 1.54) is 42.6 Å². The smallest absolute Gasteiger partial charge is 0.267 e. The number of nitrogens with zero attached hydrogens (tertiary/aromatic N) is 4. The van der Waals surface area contributed by atoms with Crippen molar-refractivity contribution in [3.05, 3.63) is 87.2 Å². The molecule has 3 heterocycles. The van der Waals surface area contributed by atoms with E-state index in [0.29, 0.717) is 24.3 Å². The first-order valence-corrected chi connectivity index (χ1v) is 12.5.